The number of rotatable bonds is 6. The number of carbonyl (C=O) groups is 1. The maximum absolute atomic E-state index is 14.5. The summed E-state index contributed by atoms with van der Waals surface area (Å²) in [4.78, 5) is 39.1. The van der Waals surface area contributed by atoms with Gasteiger partial charge in [0.15, 0.2) is 0 Å². The molecule has 7 nitrogen and oxygen atoms in total. The molecule has 0 aliphatic carbocycles. The van der Waals surface area contributed by atoms with Gasteiger partial charge in [-0.2, -0.15) is 23.0 Å². The monoisotopic (exact) mass is 516 g/mol. The normalized spacial score (nSPS) is 11.4. The van der Waals surface area contributed by atoms with E-state index in [0.29, 0.717) is 14.8 Å². The molecule has 4 rings (SSSR count). The Morgan fingerprint density at radius 3 is 2.27 bits per heavy atom. The van der Waals surface area contributed by atoms with Crippen LogP contribution < -0.4 is 16.6 Å². The fraction of sp³-hybridized carbons (Fsp3) is 0.120. The standard InChI is InChI=1S/C25H17F5N4O3/c26-18-10-8-15(9-11-18)13-31-22(35)21-23(36)33(14-16-4-3-5-17(12-16)25(28,29)30)24(37)34(32-21)20-7-2-1-6-19(20)27/h1-12H,13-14H2,(H,31,35). The Kier molecular flexibility index (Phi) is 7.00. The summed E-state index contributed by atoms with van der Waals surface area (Å²) in [7, 11) is 0. The van der Waals surface area contributed by atoms with Crippen molar-refractivity contribution in [1.82, 2.24) is 19.7 Å². The lowest BCUT2D eigenvalue weighted by molar-refractivity contribution is -0.137. The first-order valence-corrected chi connectivity index (χ1v) is 10.7. The number of nitrogens with one attached hydrogen (secondary N) is 1. The first-order valence-electron chi connectivity index (χ1n) is 10.7. The summed E-state index contributed by atoms with van der Waals surface area (Å²) in [6.07, 6.45) is -4.67. The van der Waals surface area contributed by atoms with Crippen molar-refractivity contribution in [3.8, 4) is 5.69 Å². The molecule has 0 radical (unpaired) electrons. The summed E-state index contributed by atoms with van der Waals surface area (Å²) in [5.74, 6) is -2.41. The maximum atomic E-state index is 14.5. The van der Waals surface area contributed by atoms with Gasteiger partial charge < -0.3 is 5.32 Å². The first-order chi connectivity index (χ1) is 17.5. The Morgan fingerprint density at radius 1 is 0.892 bits per heavy atom. The highest BCUT2D eigenvalue weighted by Gasteiger charge is 2.30. The summed E-state index contributed by atoms with van der Waals surface area (Å²) in [6, 6.07) is 14.0. The van der Waals surface area contributed by atoms with Gasteiger partial charge in [-0.25, -0.2) is 13.6 Å². The SMILES string of the molecule is O=C(NCc1ccc(F)cc1)c1nn(-c2ccccc2F)c(=O)n(Cc2cccc(C(F)(F)F)c2)c1=O. The van der Waals surface area contributed by atoms with Crippen LogP contribution in [0.2, 0.25) is 0 Å². The number of hydrogen-bond acceptors (Lipinski definition) is 4. The molecule has 190 valence electrons. The Balaban J connectivity index is 1.79. The molecule has 0 spiro atoms. The zero-order valence-corrected chi connectivity index (χ0v) is 18.8. The predicted molar refractivity (Wildman–Crippen MR) is 122 cm³/mol. The van der Waals surface area contributed by atoms with Gasteiger partial charge in [0.05, 0.1) is 12.1 Å². The summed E-state index contributed by atoms with van der Waals surface area (Å²) in [5.41, 5.74) is -4.10. The Morgan fingerprint density at radius 2 is 1.59 bits per heavy atom. The fourth-order valence-electron chi connectivity index (χ4n) is 3.47. The molecule has 4 aromatic rings. The third-order valence-electron chi connectivity index (χ3n) is 5.32. The molecule has 0 bridgehead atoms. The van der Waals surface area contributed by atoms with Crippen LogP contribution in [-0.4, -0.2) is 20.3 Å². The molecule has 0 aliphatic rings. The van der Waals surface area contributed by atoms with E-state index in [2.05, 4.69) is 10.4 Å². The van der Waals surface area contributed by atoms with Crippen LogP contribution in [0.15, 0.2) is 82.4 Å². The number of amides is 1. The largest absolute Gasteiger partial charge is 0.416 e. The van der Waals surface area contributed by atoms with E-state index < -0.39 is 52.8 Å². The van der Waals surface area contributed by atoms with Crippen LogP contribution in [0.25, 0.3) is 5.69 Å². The number of hydrogen-bond donors (Lipinski definition) is 1. The van der Waals surface area contributed by atoms with Gasteiger partial charge in [-0.15, -0.1) is 0 Å². The van der Waals surface area contributed by atoms with Crippen LogP contribution in [0.1, 0.15) is 27.2 Å². The second kappa shape index (κ2) is 10.2. The van der Waals surface area contributed by atoms with Crippen molar-refractivity contribution < 1.29 is 26.7 Å². The van der Waals surface area contributed by atoms with E-state index in [-0.39, 0.29) is 17.8 Å². The minimum Gasteiger partial charge on any atom is -0.346 e. The maximum Gasteiger partial charge on any atom is 0.416 e. The van der Waals surface area contributed by atoms with Gasteiger partial charge in [-0.3, -0.25) is 14.2 Å². The minimum absolute atomic E-state index is 0.0574. The summed E-state index contributed by atoms with van der Waals surface area (Å²) < 4.78 is 68.1. The number of alkyl halides is 3. The van der Waals surface area contributed by atoms with Crippen LogP contribution in [-0.2, 0) is 19.3 Å². The number of nitrogens with zero attached hydrogens (tertiary/aromatic N) is 3. The minimum atomic E-state index is -4.67. The second-order valence-corrected chi connectivity index (χ2v) is 7.89. The van der Waals surface area contributed by atoms with Crippen molar-refractivity contribution in [1.29, 1.82) is 0 Å². The molecule has 1 amide bonds. The average molecular weight is 516 g/mol. The van der Waals surface area contributed by atoms with Crippen molar-refractivity contribution in [3.63, 3.8) is 0 Å². The van der Waals surface area contributed by atoms with Gasteiger partial charge >= 0.3 is 11.9 Å². The van der Waals surface area contributed by atoms with Gasteiger partial charge in [-0.05, 0) is 47.5 Å². The van der Waals surface area contributed by atoms with Crippen LogP contribution >= 0.6 is 0 Å². The highest BCUT2D eigenvalue weighted by molar-refractivity contribution is 5.91. The third-order valence-corrected chi connectivity index (χ3v) is 5.32. The zero-order valence-electron chi connectivity index (χ0n) is 18.8. The molecule has 0 atom stereocenters. The smallest absolute Gasteiger partial charge is 0.346 e. The van der Waals surface area contributed by atoms with Gasteiger partial charge in [-0.1, -0.05) is 36.4 Å². The Hall–Kier alpha value is -4.61. The van der Waals surface area contributed by atoms with E-state index in [1.54, 1.807) is 0 Å². The van der Waals surface area contributed by atoms with Gasteiger partial charge in [0.2, 0.25) is 5.69 Å². The zero-order chi connectivity index (χ0) is 26.7. The molecule has 37 heavy (non-hydrogen) atoms. The lowest BCUT2D eigenvalue weighted by atomic mass is 10.1. The molecule has 0 aliphatic heterocycles. The second-order valence-electron chi connectivity index (χ2n) is 7.89. The van der Waals surface area contributed by atoms with Crippen molar-refractivity contribution in [2.75, 3.05) is 0 Å². The summed E-state index contributed by atoms with van der Waals surface area (Å²) in [5, 5.41) is 6.18. The van der Waals surface area contributed by atoms with Crippen LogP contribution in [0, 0.1) is 11.6 Å². The van der Waals surface area contributed by atoms with Crippen LogP contribution in [0.3, 0.4) is 0 Å². The fourth-order valence-corrected chi connectivity index (χ4v) is 3.47. The predicted octanol–water partition coefficient (Wildman–Crippen LogP) is 3.67. The van der Waals surface area contributed by atoms with Crippen molar-refractivity contribution in [2.24, 2.45) is 0 Å². The number of aromatic nitrogens is 3. The highest BCUT2D eigenvalue weighted by atomic mass is 19.4. The lowest BCUT2D eigenvalue weighted by Crippen LogP contribution is -2.46. The lowest BCUT2D eigenvalue weighted by Gasteiger charge is -2.14. The molecular formula is C25H17F5N4O3. The van der Waals surface area contributed by atoms with Crippen molar-refractivity contribution in [2.45, 2.75) is 19.3 Å². The number of para-hydroxylation sites is 1. The molecule has 0 saturated heterocycles. The molecule has 0 saturated carbocycles. The van der Waals surface area contributed by atoms with E-state index in [1.165, 1.54) is 48.5 Å². The van der Waals surface area contributed by atoms with Gasteiger partial charge in [0.25, 0.3) is 11.5 Å². The quantitative estimate of drug-likeness (QED) is 0.397. The Bertz CT molecular complexity index is 1580. The Labute approximate surface area is 205 Å². The van der Waals surface area contributed by atoms with Gasteiger partial charge in [0, 0.05) is 6.54 Å². The number of carbonyl (C=O) groups excluding carboxylic acids is 1. The molecule has 1 heterocycles. The van der Waals surface area contributed by atoms with E-state index in [1.807, 2.05) is 0 Å². The van der Waals surface area contributed by atoms with Crippen molar-refractivity contribution in [3.05, 3.63) is 128 Å². The van der Waals surface area contributed by atoms with E-state index >= 15 is 0 Å². The third kappa shape index (κ3) is 5.63. The summed E-state index contributed by atoms with van der Waals surface area (Å²) >= 11 is 0. The number of benzene rings is 3. The van der Waals surface area contributed by atoms with Crippen LogP contribution in [0.4, 0.5) is 22.0 Å². The van der Waals surface area contributed by atoms with E-state index in [4.69, 9.17) is 0 Å². The molecule has 12 heteroatoms. The van der Waals surface area contributed by atoms with Gasteiger partial charge in [0.1, 0.15) is 17.3 Å². The van der Waals surface area contributed by atoms with E-state index in [9.17, 15) is 36.3 Å². The van der Waals surface area contributed by atoms with Crippen molar-refractivity contribution >= 4 is 5.91 Å². The van der Waals surface area contributed by atoms with Crippen LogP contribution in [0.5, 0.6) is 0 Å². The highest BCUT2D eigenvalue weighted by Crippen LogP contribution is 2.29. The molecule has 0 unspecified atom stereocenters. The first kappa shape index (κ1) is 25.5. The topological polar surface area (TPSA) is 86.0 Å². The summed E-state index contributed by atoms with van der Waals surface area (Å²) in [6.45, 7) is -0.774. The molecule has 1 N–H and O–H groups in total. The van der Waals surface area contributed by atoms with E-state index in [0.717, 1.165) is 24.3 Å². The molecule has 0 fully saturated rings. The molecular weight excluding hydrogens is 499 g/mol. The average Bonchev–Trinajstić information content (AvgIpc) is 2.86. The molecule has 1 aromatic heterocycles. The number of halogens is 5. The molecule has 3 aromatic carbocycles.